The molecule has 1 aromatic rings. The molecule has 0 aliphatic carbocycles. The molecular weight excluding hydrogens is 407 g/mol. The number of halogens is 2. The van der Waals surface area contributed by atoms with Crippen molar-refractivity contribution in [1.29, 1.82) is 0 Å². The van der Waals surface area contributed by atoms with E-state index in [-0.39, 0.29) is 5.60 Å². The van der Waals surface area contributed by atoms with Gasteiger partial charge in [0.05, 0.1) is 13.2 Å². The Morgan fingerprint density at radius 2 is 2.28 bits per heavy atom. The van der Waals surface area contributed by atoms with E-state index in [2.05, 4.69) is 63.6 Å². The van der Waals surface area contributed by atoms with Gasteiger partial charge in [0.1, 0.15) is 5.60 Å². The largest absolute Gasteiger partial charge is 0.381 e. The van der Waals surface area contributed by atoms with Crippen LogP contribution in [-0.2, 0) is 15.1 Å². The van der Waals surface area contributed by atoms with Crippen LogP contribution in [0.1, 0.15) is 18.9 Å². The van der Waals surface area contributed by atoms with Crippen molar-refractivity contribution in [1.82, 2.24) is 0 Å². The first-order chi connectivity index (χ1) is 8.65. The molecule has 1 heterocycles. The minimum absolute atomic E-state index is 0.233. The van der Waals surface area contributed by atoms with Gasteiger partial charge in [0.25, 0.3) is 0 Å². The Morgan fingerprint density at radius 1 is 1.50 bits per heavy atom. The second kappa shape index (κ2) is 6.68. The zero-order valence-corrected chi connectivity index (χ0v) is 14.2. The van der Waals surface area contributed by atoms with Crippen molar-refractivity contribution in [3.63, 3.8) is 0 Å². The lowest BCUT2D eigenvalue weighted by molar-refractivity contribution is -0.0352. The standard InChI is InChI=1S/C14H18BrIO2/c1-14(10-16,12-4-2-3-5-13(12)15)18-9-11-6-7-17-8-11/h2-5,11H,6-10H2,1H3. The molecule has 1 aliphatic rings. The minimum atomic E-state index is -0.233. The van der Waals surface area contributed by atoms with Crippen molar-refractivity contribution in [3.05, 3.63) is 34.3 Å². The van der Waals surface area contributed by atoms with Gasteiger partial charge in [0, 0.05) is 21.4 Å². The van der Waals surface area contributed by atoms with Crippen LogP contribution in [0.4, 0.5) is 0 Å². The molecule has 0 N–H and O–H groups in total. The third kappa shape index (κ3) is 3.46. The summed E-state index contributed by atoms with van der Waals surface area (Å²) in [6, 6.07) is 8.30. The Kier molecular flexibility index (Phi) is 5.47. The number of rotatable bonds is 5. The van der Waals surface area contributed by atoms with E-state index in [1.165, 1.54) is 5.56 Å². The Bertz CT molecular complexity index is 393. The van der Waals surface area contributed by atoms with E-state index < -0.39 is 0 Å². The molecule has 0 spiro atoms. The van der Waals surface area contributed by atoms with Crippen molar-refractivity contribution in [3.8, 4) is 0 Å². The molecule has 0 saturated carbocycles. The number of benzene rings is 1. The lowest BCUT2D eigenvalue weighted by Gasteiger charge is -2.30. The van der Waals surface area contributed by atoms with Crippen LogP contribution in [0.3, 0.4) is 0 Å². The van der Waals surface area contributed by atoms with Gasteiger partial charge in [0.2, 0.25) is 0 Å². The summed E-state index contributed by atoms with van der Waals surface area (Å²) in [7, 11) is 0. The van der Waals surface area contributed by atoms with E-state index in [9.17, 15) is 0 Å². The third-order valence-corrected chi connectivity index (χ3v) is 5.51. The second-order valence-electron chi connectivity index (χ2n) is 4.88. The van der Waals surface area contributed by atoms with Gasteiger partial charge in [-0.2, -0.15) is 0 Å². The summed E-state index contributed by atoms with van der Waals surface area (Å²) in [5, 5.41) is 0. The summed E-state index contributed by atoms with van der Waals surface area (Å²) < 4.78 is 13.7. The molecule has 1 saturated heterocycles. The highest BCUT2D eigenvalue weighted by molar-refractivity contribution is 14.1. The molecule has 2 rings (SSSR count). The fraction of sp³-hybridized carbons (Fsp3) is 0.571. The fourth-order valence-corrected chi connectivity index (χ4v) is 3.43. The van der Waals surface area contributed by atoms with Crippen LogP contribution in [0.2, 0.25) is 0 Å². The second-order valence-corrected chi connectivity index (χ2v) is 6.50. The summed E-state index contributed by atoms with van der Waals surface area (Å²) >= 11 is 6.01. The number of alkyl halides is 1. The van der Waals surface area contributed by atoms with Crippen molar-refractivity contribution >= 4 is 38.5 Å². The molecule has 18 heavy (non-hydrogen) atoms. The van der Waals surface area contributed by atoms with E-state index >= 15 is 0 Å². The molecule has 2 nitrogen and oxygen atoms in total. The first-order valence-corrected chi connectivity index (χ1v) is 8.50. The van der Waals surface area contributed by atoms with Crippen molar-refractivity contribution < 1.29 is 9.47 Å². The van der Waals surface area contributed by atoms with E-state index in [0.29, 0.717) is 5.92 Å². The van der Waals surface area contributed by atoms with Crippen molar-refractivity contribution in [2.75, 3.05) is 24.2 Å². The zero-order chi connectivity index (χ0) is 13.0. The van der Waals surface area contributed by atoms with E-state index in [0.717, 1.165) is 35.1 Å². The smallest absolute Gasteiger partial charge is 0.100 e. The Balaban J connectivity index is 2.07. The maximum absolute atomic E-state index is 6.21. The minimum Gasteiger partial charge on any atom is -0.381 e. The highest BCUT2D eigenvalue weighted by Crippen LogP contribution is 2.34. The molecular formula is C14H18BrIO2. The maximum atomic E-state index is 6.21. The number of hydrogen-bond donors (Lipinski definition) is 0. The summed E-state index contributed by atoms with van der Waals surface area (Å²) in [6.07, 6.45) is 1.12. The van der Waals surface area contributed by atoms with Crippen LogP contribution in [0.5, 0.6) is 0 Å². The van der Waals surface area contributed by atoms with Crippen LogP contribution in [-0.4, -0.2) is 24.2 Å². The highest BCUT2D eigenvalue weighted by Gasteiger charge is 2.30. The fourth-order valence-electron chi connectivity index (χ4n) is 2.09. The summed E-state index contributed by atoms with van der Waals surface area (Å²) in [5.41, 5.74) is 0.988. The van der Waals surface area contributed by atoms with Crippen LogP contribution < -0.4 is 0 Å². The van der Waals surface area contributed by atoms with Gasteiger partial charge in [-0.1, -0.05) is 56.7 Å². The average Bonchev–Trinajstić information content (AvgIpc) is 2.90. The average molecular weight is 425 g/mol. The normalized spacial score (nSPS) is 22.9. The van der Waals surface area contributed by atoms with Crippen molar-refractivity contribution in [2.24, 2.45) is 5.92 Å². The summed E-state index contributed by atoms with van der Waals surface area (Å²) in [5.74, 6) is 0.551. The predicted octanol–water partition coefficient (Wildman–Crippen LogP) is 4.15. The first kappa shape index (κ1) is 14.8. The van der Waals surface area contributed by atoms with Crippen LogP contribution in [0, 0.1) is 5.92 Å². The highest BCUT2D eigenvalue weighted by atomic mass is 127. The van der Waals surface area contributed by atoms with E-state index in [4.69, 9.17) is 9.47 Å². The van der Waals surface area contributed by atoms with Gasteiger partial charge < -0.3 is 9.47 Å². The molecule has 2 atom stereocenters. The first-order valence-electron chi connectivity index (χ1n) is 6.18. The van der Waals surface area contributed by atoms with Gasteiger partial charge in [-0.3, -0.25) is 0 Å². The molecule has 4 heteroatoms. The van der Waals surface area contributed by atoms with Gasteiger partial charge in [0.15, 0.2) is 0 Å². The SMILES string of the molecule is CC(CI)(OCC1CCOC1)c1ccccc1Br. The maximum Gasteiger partial charge on any atom is 0.100 e. The lowest BCUT2D eigenvalue weighted by atomic mass is 9.98. The Labute approximate surface area is 131 Å². The molecule has 0 aromatic heterocycles. The third-order valence-electron chi connectivity index (χ3n) is 3.36. The van der Waals surface area contributed by atoms with Crippen molar-refractivity contribution in [2.45, 2.75) is 18.9 Å². The monoisotopic (exact) mass is 424 g/mol. The molecule has 1 aromatic carbocycles. The van der Waals surface area contributed by atoms with Gasteiger partial charge in [-0.05, 0) is 25.0 Å². The lowest BCUT2D eigenvalue weighted by Crippen LogP contribution is -2.30. The van der Waals surface area contributed by atoms with Gasteiger partial charge >= 0.3 is 0 Å². The van der Waals surface area contributed by atoms with Gasteiger partial charge in [-0.15, -0.1) is 0 Å². The van der Waals surface area contributed by atoms with Gasteiger partial charge in [-0.25, -0.2) is 0 Å². The number of ether oxygens (including phenoxy) is 2. The summed E-state index contributed by atoms with van der Waals surface area (Å²) in [6.45, 7) is 4.66. The quantitative estimate of drug-likeness (QED) is 0.522. The molecule has 1 fully saturated rings. The predicted molar refractivity (Wildman–Crippen MR) is 85.3 cm³/mol. The Morgan fingerprint density at radius 3 is 2.89 bits per heavy atom. The molecule has 2 unspecified atom stereocenters. The van der Waals surface area contributed by atoms with Crippen LogP contribution >= 0.6 is 38.5 Å². The molecule has 1 aliphatic heterocycles. The molecule has 0 radical (unpaired) electrons. The van der Waals surface area contributed by atoms with E-state index in [1.54, 1.807) is 0 Å². The molecule has 0 bridgehead atoms. The van der Waals surface area contributed by atoms with Crippen LogP contribution in [0.25, 0.3) is 0 Å². The van der Waals surface area contributed by atoms with E-state index in [1.807, 2.05) is 6.07 Å². The summed E-state index contributed by atoms with van der Waals surface area (Å²) in [4.78, 5) is 0. The number of hydrogen-bond acceptors (Lipinski definition) is 2. The molecule has 0 amide bonds. The molecule has 100 valence electrons. The zero-order valence-electron chi connectivity index (χ0n) is 10.5. The Hall–Kier alpha value is 0.350. The topological polar surface area (TPSA) is 18.5 Å². The van der Waals surface area contributed by atoms with Crippen LogP contribution in [0.15, 0.2) is 28.7 Å².